The minimum Gasteiger partial charge on any atom is -0.496 e. The van der Waals surface area contributed by atoms with Crippen molar-refractivity contribution >= 4 is 0 Å². The van der Waals surface area contributed by atoms with Crippen LogP contribution in [0.1, 0.15) is 43.6 Å². The molecule has 3 heteroatoms. The molecule has 0 spiro atoms. The maximum atomic E-state index is 13.4. The summed E-state index contributed by atoms with van der Waals surface area (Å²) in [6.45, 7) is 0. The Balaban J connectivity index is 2.27. The Morgan fingerprint density at radius 3 is 2.82 bits per heavy atom. The zero-order valence-corrected chi connectivity index (χ0v) is 10.3. The maximum Gasteiger partial charge on any atom is 0.123 e. The molecular weight excluding hydrogens is 217 g/mol. The Kier molecular flexibility index (Phi) is 4.00. The number of halogens is 1. The summed E-state index contributed by atoms with van der Waals surface area (Å²) < 4.78 is 18.7. The van der Waals surface area contributed by atoms with Crippen LogP contribution in [0.5, 0.6) is 5.75 Å². The molecule has 0 radical (unpaired) electrons. The highest BCUT2D eigenvalue weighted by atomic mass is 19.1. The summed E-state index contributed by atoms with van der Waals surface area (Å²) in [6, 6.07) is 4.98. The van der Waals surface area contributed by atoms with Crippen molar-refractivity contribution in [1.82, 2.24) is 0 Å². The van der Waals surface area contributed by atoms with E-state index in [9.17, 15) is 4.39 Å². The van der Waals surface area contributed by atoms with E-state index in [-0.39, 0.29) is 11.9 Å². The minimum absolute atomic E-state index is 0.196. The second-order valence-electron chi connectivity index (χ2n) is 4.86. The molecule has 2 nitrogen and oxygen atoms in total. The first kappa shape index (κ1) is 12.4. The first-order valence-electron chi connectivity index (χ1n) is 6.29. The third-order valence-electron chi connectivity index (χ3n) is 3.60. The lowest BCUT2D eigenvalue weighted by Crippen LogP contribution is -2.21. The van der Waals surface area contributed by atoms with E-state index in [1.54, 1.807) is 19.2 Å². The van der Waals surface area contributed by atoms with Gasteiger partial charge in [0.05, 0.1) is 7.11 Å². The zero-order chi connectivity index (χ0) is 12.3. The first-order chi connectivity index (χ1) is 8.20. The van der Waals surface area contributed by atoms with Crippen molar-refractivity contribution in [3.05, 3.63) is 29.6 Å². The lowest BCUT2D eigenvalue weighted by molar-refractivity contribution is 0.398. The number of nitrogens with two attached hydrogens (primary N) is 1. The van der Waals surface area contributed by atoms with Crippen LogP contribution in [0.2, 0.25) is 0 Å². The van der Waals surface area contributed by atoms with Crippen LogP contribution in [0.4, 0.5) is 4.39 Å². The van der Waals surface area contributed by atoms with E-state index in [4.69, 9.17) is 10.5 Å². The molecule has 0 aliphatic heterocycles. The Morgan fingerprint density at radius 1 is 1.29 bits per heavy atom. The van der Waals surface area contributed by atoms with Crippen molar-refractivity contribution in [2.75, 3.05) is 7.11 Å². The van der Waals surface area contributed by atoms with Crippen LogP contribution < -0.4 is 10.5 Å². The van der Waals surface area contributed by atoms with Gasteiger partial charge in [-0.2, -0.15) is 0 Å². The summed E-state index contributed by atoms with van der Waals surface area (Å²) in [5.74, 6) is 0.919. The molecule has 2 N–H and O–H groups in total. The molecule has 17 heavy (non-hydrogen) atoms. The lowest BCUT2D eigenvalue weighted by atomic mass is 9.90. The van der Waals surface area contributed by atoms with Gasteiger partial charge in [0.15, 0.2) is 0 Å². The number of hydrogen-bond donors (Lipinski definition) is 1. The van der Waals surface area contributed by atoms with E-state index in [2.05, 4.69) is 0 Å². The standard InChI is InChI=1S/C14H20FNO/c1-17-14-7-6-11(15)9-13(14)10-4-2-3-5-12(16)8-10/h6-7,9-10,12H,2-5,8,16H2,1H3. The SMILES string of the molecule is COc1ccc(F)cc1C1CCCCC(N)C1. The number of benzene rings is 1. The molecule has 0 heterocycles. The Labute approximate surface area is 102 Å². The van der Waals surface area contributed by atoms with Crippen LogP contribution >= 0.6 is 0 Å². The second kappa shape index (κ2) is 5.50. The van der Waals surface area contributed by atoms with Crippen LogP contribution in [0, 0.1) is 5.82 Å². The Hall–Kier alpha value is -1.09. The Morgan fingerprint density at radius 2 is 2.06 bits per heavy atom. The summed E-state index contributed by atoms with van der Waals surface area (Å²) in [7, 11) is 1.63. The van der Waals surface area contributed by atoms with Gasteiger partial charge in [-0.25, -0.2) is 4.39 Å². The summed E-state index contributed by atoms with van der Waals surface area (Å²) in [5, 5.41) is 0. The van der Waals surface area contributed by atoms with Crippen LogP contribution in [0.25, 0.3) is 0 Å². The van der Waals surface area contributed by atoms with Gasteiger partial charge < -0.3 is 10.5 Å². The molecule has 2 unspecified atom stereocenters. The molecule has 0 aromatic heterocycles. The summed E-state index contributed by atoms with van der Waals surface area (Å²) >= 11 is 0. The quantitative estimate of drug-likeness (QED) is 0.802. The van der Waals surface area contributed by atoms with Gasteiger partial charge in [0.2, 0.25) is 0 Å². The van der Waals surface area contributed by atoms with Gasteiger partial charge in [-0.15, -0.1) is 0 Å². The molecule has 1 aromatic rings. The zero-order valence-electron chi connectivity index (χ0n) is 10.3. The Bertz CT molecular complexity index is 380. The predicted octanol–water partition coefficient (Wildman–Crippen LogP) is 3.21. The second-order valence-corrected chi connectivity index (χ2v) is 4.86. The molecule has 94 valence electrons. The number of rotatable bonds is 2. The molecule has 2 atom stereocenters. The molecule has 1 fully saturated rings. The number of methoxy groups -OCH3 is 1. The molecular formula is C14H20FNO. The van der Waals surface area contributed by atoms with Crippen molar-refractivity contribution in [1.29, 1.82) is 0 Å². The van der Waals surface area contributed by atoms with Gasteiger partial charge in [0, 0.05) is 11.6 Å². The highest BCUT2D eigenvalue weighted by Crippen LogP contribution is 2.36. The molecule has 1 aliphatic rings. The van der Waals surface area contributed by atoms with E-state index in [0.29, 0.717) is 5.92 Å². The van der Waals surface area contributed by atoms with E-state index < -0.39 is 0 Å². The molecule has 0 saturated heterocycles. The third-order valence-corrected chi connectivity index (χ3v) is 3.60. The molecule has 0 amide bonds. The largest absolute Gasteiger partial charge is 0.496 e. The normalized spacial score (nSPS) is 25.4. The topological polar surface area (TPSA) is 35.2 Å². The minimum atomic E-state index is -0.196. The lowest BCUT2D eigenvalue weighted by Gasteiger charge is -2.20. The highest BCUT2D eigenvalue weighted by Gasteiger charge is 2.22. The fourth-order valence-electron chi connectivity index (χ4n) is 2.71. The van der Waals surface area contributed by atoms with E-state index in [1.807, 2.05) is 0 Å². The molecule has 2 rings (SSSR count). The van der Waals surface area contributed by atoms with Crippen molar-refractivity contribution < 1.29 is 9.13 Å². The highest BCUT2D eigenvalue weighted by molar-refractivity contribution is 5.37. The fraction of sp³-hybridized carbons (Fsp3) is 0.571. The summed E-state index contributed by atoms with van der Waals surface area (Å²) in [5.41, 5.74) is 7.03. The molecule has 1 saturated carbocycles. The maximum absolute atomic E-state index is 13.4. The third kappa shape index (κ3) is 2.97. The van der Waals surface area contributed by atoms with Crippen molar-refractivity contribution in [2.24, 2.45) is 5.73 Å². The molecule has 0 bridgehead atoms. The first-order valence-corrected chi connectivity index (χ1v) is 6.29. The van der Waals surface area contributed by atoms with E-state index in [0.717, 1.165) is 37.0 Å². The fourth-order valence-corrected chi connectivity index (χ4v) is 2.71. The molecule has 1 aliphatic carbocycles. The van der Waals surface area contributed by atoms with Gasteiger partial charge in [0.1, 0.15) is 11.6 Å². The van der Waals surface area contributed by atoms with Gasteiger partial charge in [-0.1, -0.05) is 12.8 Å². The summed E-state index contributed by atoms with van der Waals surface area (Å²) in [4.78, 5) is 0. The van der Waals surface area contributed by atoms with Crippen molar-refractivity contribution in [3.63, 3.8) is 0 Å². The van der Waals surface area contributed by atoms with Gasteiger partial charge >= 0.3 is 0 Å². The van der Waals surface area contributed by atoms with Crippen LogP contribution in [-0.2, 0) is 0 Å². The predicted molar refractivity (Wildman–Crippen MR) is 66.8 cm³/mol. The summed E-state index contributed by atoms with van der Waals surface area (Å²) in [6.07, 6.45) is 5.43. The van der Waals surface area contributed by atoms with Gasteiger partial charge in [0.25, 0.3) is 0 Å². The van der Waals surface area contributed by atoms with Crippen LogP contribution in [-0.4, -0.2) is 13.2 Å². The van der Waals surface area contributed by atoms with Crippen molar-refractivity contribution in [3.8, 4) is 5.75 Å². The van der Waals surface area contributed by atoms with Gasteiger partial charge in [-0.05, 0) is 43.4 Å². The molecule has 1 aromatic carbocycles. The smallest absolute Gasteiger partial charge is 0.123 e. The van der Waals surface area contributed by atoms with Crippen LogP contribution in [0.3, 0.4) is 0 Å². The van der Waals surface area contributed by atoms with Crippen LogP contribution in [0.15, 0.2) is 18.2 Å². The average molecular weight is 237 g/mol. The monoisotopic (exact) mass is 237 g/mol. The number of hydrogen-bond acceptors (Lipinski definition) is 2. The van der Waals surface area contributed by atoms with E-state index >= 15 is 0 Å². The van der Waals surface area contributed by atoms with E-state index in [1.165, 1.54) is 12.5 Å². The van der Waals surface area contributed by atoms with Crippen molar-refractivity contribution in [2.45, 2.75) is 44.1 Å². The average Bonchev–Trinajstić information content (AvgIpc) is 2.54. The number of ether oxygens (including phenoxy) is 1. The van der Waals surface area contributed by atoms with Gasteiger partial charge in [-0.3, -0.25) is 0 Å².